The van der Waals surface area contributed by atoms with E-state index in [1.165, 1.54) is 12.1 Å². The minimum atomic E-state index is -3.61. The fourth-order valence-electron chi connectivity index (χ4n) is 5.66. The van der Waals surface area contributed by atoms with Crippen molar-refractivity contribution in [1.82, 2.24) is 24.6 Å². The summed E-state index contributed by atoms with van der Waals surface area (Å²) in [7, 11) is 0.178. The number of anilines is 1. The Morgan fingerprint density at radius 3 is 2.42 bits per heavy atom. The van der Waals surface area contributed by atoms with E-state index in [0.717, 1.165) is 38.5 Å². The van der Waals surface area contributed by atoms with Crippen LogP contribution in [0, 0.1) is 23.5 Å². The summed E-state index contributed by atoms with van der Waals surface area (Å²) in [5.41, 5.74) is 8.89. The van der Waals surface area contributed by atoms with Crippen molar-refractivity contribution in [2.45, 2.75) is 18.8 Å². The average Bonchev–Trinajstić information content (AvgIpc) is 3.26. The lowest BCUT2D eigenvalue weighted by molar-refractivity contribution is -0.118. The molecule has 0 saturated carbocycles. The lowest BCUT2D eigenvalue weighted by Crippen LogP contribution is -2.44. The maximum atomic E-state index is 14.2. The summed E-state index contributed by atoms with van der Waals surface area (Å²) < 4.78 is 56.4. The van der Waals surface area contributed by atoms with Crippen LogP contribution in [0.3, 0.4) is 0 Å². The first-order chi connectivity index (χ1) is 21.4. The number of primary amides is 1. The van der Waals surface area contributed by atoms with Gasteiger partial charge in [-0.25, -0.2) is 22.2 Å². The van der Waals surface area contributed by atoms with Crippen molar-refractivity contribution in [3.63, 3.8) is 0 Å². The monoisotopic (exact) mass is 635 g/mol. The third kappa shape index (κ3) is 8.02. The van der Waals surface area contributed by atoms with Gasteiger partial charge in [0, 0.05) is 68.1 Å². The van der Waals surface area contributed by atoms with Gasteiger partial charge >= 0.3 is 0 Å². The molecule has 0 aliphatic carbocycles. The second-order valence-electron chi connectivity index (χ2n) is 11.4. The van der Waals surface area contributed by atoms with Gasteiger partial charge in [0.25, 0.3) is 0 Å². The molecule has 1 fully saturated rings. The molecular weight excluding hydrogens is 600 g/mol. The van der Waals surface area contributed by atoms with E-state index < -0.39 is 33.5 Å². The Kier molecular flexibility index (Phi) is 9.48. The van der Waals surface area contributed by atoms with Gasteiger partial charge in [-0.3, -0.25) is 19.1 Å². The van der Waals surface area contributed by atoms with Gasteiger partial charge in [-0.2, -0.15) is 5.10 Å². The van der Waals surface area contributed by atoms with Crippen molar-refractivity contribution in [1.29, 1.82) is 0 Å². The van der Waals surface area contributed by atoms with Crippen LogP contribution in [0.4, 0.5) is 14.6 Å². The molecule has 1 saturated heterocycles. The molecular formula is C32H35F2N7O3S. The number of carbonyl (C=O) groups excluding carboxylic acids is 1. The number of carbonyl (C=O) groups is 1. The van der Waals surface area contributed by atoms with Crippen molar-refractivity contribution < 1.29 is 22.0 Å². The maximum Gasteiger partial charge on any atom is 0.231 e. The van der Waals surface area contributed by atoms with Gasteiger partial charge in [-0.05, 0) is 55.3 Å². The number of amides is 1. The molecule has 1 amide bonds. The Morgan fingerprint density at radius 2 is 1.76 bits per heavy atom. The number of hydrogen-bond donors (Lipinski definition) is 2. The van der Waals surface area contributed by atoms with E-state index >= 15 is 0 Å². The van der Waals surface area contributed by atoms with Gasteiger partial charge < -0.3 is 10.6 Å². The predicted molar refractivity (Wildman–Crippen MR) is 170 cm³/mol. The van der Waals surface area contributed by atoms with Crippen LogP contribution in [-0.4, -0.2) is 84.9 Å². The fraction of sp³-hybridized carbons (Fsp3) is 0.344. The molecule has 2 aromatic heterocycles. The molecule has 10 nitrogen and oxygen atoms in total. The fourth-order valence-corrected chi connectivity index (χ4v) is 6.16. The molecule has 0 bridgehead atoms. The number of sulfonamides is 1. The van der Waals surface area contributed by atoms with Crippen LogP contribution in [0.1, 0.15) is 29.3 Å². The number of likely N-dealkylation sites (N-methyl/N-ethyl adjacent to an activating group) is 1. The Labute approximate surface area is 261 Å². The highest BCUT2D eigenvalue weighted by Crippen LogP contribution is 2.38. The summed E-state index contributed by atoms with van der Waals surface area (Å²) in [6, 6.07) is 12.2. The molecule has 236 valence electrons. The lowest BCUT2D eigenvalue weighted by Gasteiger charge is -2.30. The molecule has 1 aliphatic heterocycles. The Hall–Kier alpha value is -4.38. The standard InChI is InChI=1S/C32H35F2N7O3S/c1-39-12-14-41(15-13-39)11-5-6-25-9-10-26(27-7-4-8-28-31(27)40(2)37-32(28)38-45(3,43)44)30(36-25)22(19-29(35)42)16-21-17-23(33)20-24(34)18-21/h4,7-10,17-18,20,22H,11-16,19H2,1-3H3,(H2,35,42)(H,37,38)/t22-/m0/s1. The van der Waals surface area contributed by atoms with Crippen LogP contribution in [0.2, 0.25) is 0 Å². The van der Waals surface area contributed by atoms with Crippen LogP contribution >= 0.6 is 0 Å². The van der Waals surface area contributed by atoms with Crippen LogP contribution in [0.15, 0.2) is 48.5 Å². The highest BCUT2D eigenvalue weighted by molar-refractivity contribution is 7.92. The van der Waals surface area contributed by atoms with Crippen molar-refractivity contribution in [3.8, 4) is 23.0 Å². The van der Waals surface area contributed by atoms with E-state index in [-0.39, 0.29) is 18.7 Å². The van der Waals surface area contributed by atoms with E-state index in [9.17, 15) is 22.0 Å². The molecule has 1 atom stereocenters. The van der Waals surface area contributed by atoms with Gasteiger partial charge in [0.15, 0.2) is 5.82 Å². The van der Waals surface area contributed by atoms with Crippen LogP contribution in [-0.2, 0) is 28.3 Å². The molecule has 4 aromatic rings. The molecule has 5 rings (SSSR count). The van der Waals surface area contributed by atoms with Crippen LogP contribution < -0.4 is 10.5 Å². The van der Waals surface area contributed by atoms with E-state index in [4.69, 9.17) is 10.7 Å². The summed E-state index contributed by atoms with van der Waals surface area (Å²) >= 11 is 0. The first-order valence-electron chi connectivity index (χ1n) is 14.4. The molecule has 1 aliphatic rings. The SMILES string of the molecule is CN1CCN(CC#Cc2ccc(-c3cccc4c(NS(C)(=O)=O)nn(C)c34)c([C@H](CC(N)=O)Cc3cc(F)cc(F)c3)n2)CC1. The van der Waals surface area contributed by atoms with Crippen LogP contribution in [0.5, 0.6) is 0 Å². The number of benzene rings is 2. The zero-order valence-corrected chi connectivity index (χ0v) is 26.2. The zero-order valence-electron chi connectivity index (χ0n) is 25.3. The number of hydrogen-bond acceptors (Lipinski definition) is 7. The summed E-state index contributed by atoms with van der Waals surface area (Å²) in [6.07, 6.45) is 0.989. The molecule has 3 N–H and O–H groups in total. The largest absolute Gasteiger partial charge is 0.370 e. The van der Waals surface area contributed by atoms with Crippen LogP contribution in [0.25, 0.3) is 22.0 Å². The number of aromatic nitrogens is 3. The number of nitrogens with one attached hydrogen (secondary N) is 1. The molecule has 45 heavy (non-hydrogen) atoms. The minimum Gasteiger partial charge on any atom is -0.370 e. The summed E-state index contributed by atoms with van der Waals surface area (Å²) in [5.74, 6) is 3.80. The summed E-state index contributed by atoms with van der Waals surface area (Å²) in [4.78, 5) is 21.8. The van der Waals surface area contributed by atoms with E-state index in [0.29, 0.717) is 45.5 Å². The highest BCUT2D eigenvalue weighted by Gasteiger charge is 2.25. The molecule has 13 heteroatoms. The van der Waals surface area contributed by atoms with Crippen molar-refractivity contribution in [2.24, 2.45) is 12.8 Å². The topological polar surface area (TPSA) is 126 Å². The number of halogens is 2. The molecule has 0 unspecified atom stereocenters. The third-order valence-corrected chi connectivity index (χ3v) is 8.28. The number of fused-ring (bicyclic) bond motifs is 1. The number of piperazine rings is 1. The third-order valence-electron chi connectivity index (χ3n) is 7.72. The zero-order chi connectivity index (χ0) is 32.3. The maximum absolute atomic E-state index is 14.2. The predicted octanol–water partition coefficient (Wildman–Crippen LogP) is 3.09. The Morgan fingerprint density at radius 1 is 1.04 bits per heavy atom. The first-order valence-corrected chi connectivity index (χ1v) is 16.3. The van der Waals surface area contributed by atoms with Gasteiger partial charge in [0.2, 0.25) is 15.9 Å². The lowest BCUT2D eigenvalue weighted by atomic mass is 9.87. The number of para-hydroxylation sites is 1. The van der Waals surface area contributed by atoms with E-state index in [1.54, 1.807) is 29.9 Å². The molecule has 2 aromatic carbocycles. The normalized spacial score (nSPS) is 15.0. The van der Waals surface area contributed by atoms with Crippen molar-refractivity contribution >= 4 is 32.7 Å². The second kappa shape index (κ2) is 13.3. The number of nitrogens with two attached hydrogens (primary N) is 1. The Balaban J connectivity index is 1.63. The highest BCUT2D eigenvalue weighted by atomic mass is 32.2. The first kappa shape index (κ1) is 32.0. The molecule has 0 spiro atoms. The molecule has 0 radical (unpaired) electrons. The van der Waals surface area contributed by atoms with Crippen molar-refractivity contribution in [2.75, 3.05) is 50.7 Å². The van der Waals surface area contributed by atoms with Gasteiger partial charge in [-0.15, -0.1) is 0 Å². The quantitative estimate of drug-likeness (QED) is 0.271. The van der Waals surface area contributed by atoms with E-state index in [2.05, 4.69) is 38.5 Å². The van der Waals surface area contributed by atoms with Gasteiger partial charge in [0.05, 0.1) is 24.0 Å². The number of aryl methyl sites for hydroxylation is 1. The summed E-state index contributed by atoms with van der Waals surface area (Å²) in [6.45, 7) is 4.34. The van der Waals surface area contributed by atoms with E-state index in [1.807, 2.05) is 12.1 Å². The average molecular weight is 636 g/mol. The number of rotatable bonds is 9. The number of nitrogens with zero attached hydrogens (tertiary/aromatic N) is 5. The summed E-state index contributed by atoms with van der Waals surface area (Å²) in [5, 5.41) is 4.95. The smallest absolute Gasteiger partial charge is 0.231 e. The number of pyridine rings is 1. The Bertz CT molecular complexity index is 1890. The minimum absolute atomic E-state index is 0.0814. The second-order valence-corrected chi connectivity index (χ2v) is 13.2. The molecule has 3 heterocycles. The van der Waals surface area contributed by atoms with Gasteiger partial charge in [-0.1, -0.05) is 18.1 Å². The van der Waals surface area contributed by atoms with Gasteiger partial charge in [0.1, 0.15) is 17.3 Å². The van der Waals surface area contributed by atoms with Crippen molar-refractivity contribution in [3.05, 3.63) is 77.1 Å².